The Morgan fingerprint density at radius 2 is 2.07 bits per heavy atom. The molecule has 0 radical (unpaired) electrons. The molecule has 0 bridgehead atoms. The summed E-state index contributed by atoms with van der Waals surface area (Å²) >= 11 is 0. The van der Waals surface area contributed by atoms with Gasteiger partial charge in [0.1, 0.15) is 0 Å². The molecule has 0 heterocycles. The highest BCUT2D eigenvalue weighted by atomic mass is 16.5. The van der Waals surface area contributed by atoms with E-state index in [1.54, 1.807) is 7.11 Å². The summed E-state index contributed by atoms with van der Waals surface area (Å²) in [4.78, 5) is 0. The molecule has 1 saturated carbocycles. The first-order valence-electron chi connectivity index (χ1n) is 6.43. The van der Waals surface area contributed by atoms with E-state index in [-0.39, 0.29) is 0 Å². The van der Waals surface area contributed by atoms with Gasteiger partial charge in [-0.05, 0) is 50.6 Å². The molecule has 0 aromatic carbocycles. The zero-order valence-electron chi connectivity index (χ0n) is 10.6. The largest absolute Gasteiger partial charge is 0.385 e. The highest BCUT2D eigenvalue weighted by molar-refractivity contribution is 4.80. The molecule has 1 fully saturated rings. The number of hydrogen-bond acceptors (Lipinski definition) is 2. The van der Waals surface area contributed by atoms with Gasteiger partial charge in [-0.15, -0.1) is 0 Å². The summed E-state index contributed by atoms with van der Waals surface area (Å²) in [6.07, 6.45) is 6.93. The fraction of sp³-hybridized carbons (Fsp3) is 1.00. The van der Waals surface area contributed by atoms with Gasteiger partial charge in [0.15, 0.2) is 0 Å². The van der Waals surface area contributed by atoms with Crippen LogP contribution in [-0.2, 0) is 4.74 Å². The quantitative estimate of drug-likeness (QED) is 0.732. The first-order chi connectivity index (χ1) is 7.29. The molecular formula is C13H27NO. The molecule has 1 rings (SSSR count). The Hall–Kier alpha value is -0.0800. The van der Waals surface area contributed by atoms with Crippen LogP contribution in [0.3, 0.4) is 0 Å². The number of rotatable bonds is 6. The molecule has 3 unspecified atom stereocenters. The van der Waals surface area contributed by atoms with Gasteiger partial charge in [0.25, 0.3) is 0 Å². The van der Waals surface area contributed by atoms with Crippen LogP contribution in [0.25, 0.3) is 0 Å². The molecule has 0 aromatic rings. The lowest BCUT2D eigenvalue weighted by Crippen LogP contribution is -2.32. The maximum absolute atomic E-state index is 5.18. The van der Waals surface area contributed by atoms with Gasteiger partial charge in [-0.1, -0.05) is 19.8 Å². The zero-order valence-corrected chi connectivity index (χ0v) is 10.6. The second-order valence-corrected chi connectivity index (χ2v) is 5.02. The van der Waals surface area contributed by atoms with Crippen LogP contribution in [0.5, 0.6) is 0 Å². The van der Waals surface area contributed by atoms with Crippen molar-refractivity contribution < 1.29 is 4.74 Å². The minimum atomic E-state index is 0.823. The van der Waals surface area contributed by atoms with Crippen molar-refractivity contribution in [3.05, 3.63) is 0 Å². The number of hydrogen-bond donors (Lipinski definition) is 1. The molecule has 2 heteroatoms. The lowest BCUT2D eigenvalue weighted by molar-refractivity contribution is 0.122. The second kappa shape index (κ2) is 7.24. The highest BCUT2D eigenvalue weighted by Gasteiger charge is 2.28. The third-order valence-electron chi connectivity index (χ3n) is 3.94. The lowest BCUT2D eigenvalue weighted by atomic mass is 9.72. The van der Waals surface area contributed by atoms with Gasteiger partial charge >= 0.3 is 0 Å². The van der Waals surface area contributed by atoms with Crippen molar-refractivity contribution in [2.75, 3.05) is 27.3 Å². The summed E-state index contributed by atoms with van der Waals surface area (Å²) < 4.78 is 5.18. The van der Waals surface area contributed by atoms with Crippen LogP contribution in [0, 0.1) is 17.8 Å². The van der Waals surface area contributed by atoms with Crippen LogP contribution < -0.4 is 5.32 Å². The summed E-state index contributed by atoms with van der Waals surface area (Å²) in [5, 5.41) is 3.35. The third kappa shape index (κ3) is 4.12. The fourth-order valence-electron chi connectivity index (χ4n) is 3.02. The molecule has 3 atom stereocenters. The number of nitrogens with one attached hydrogen (secondary N) is 1. The Morgan fingerprint density at radius 3 is 2.73 bits per heavy atom. The summed E-state index contributed by atoms with van der Waals surface area (Å²) in [5.74, 6) is 2.64. The molecule has 90 valence electrons. The van der Waals surface area contributed by atoms with Crippen molar-refractivity contribution in [3.63, 3.8) is 0 Å². The lowest BCUT2D eigenvalue weighted by Gasteiger charge is -2.35. The van der Waals surface area contributed by atoms with E-state index in [1.165, 1.54) is 38.6 Å². The molecule has 0 amide bonds. The van der Waals surface area contributed by atoms with Crippen LogP contribution in [0.1, 0.15) is 39.0 Å². The van der Waals surface area contributed by atoms with Crippen molar-refractivity contribution in [2.24, 2.45) is 17.8 Å². The predicted molar refractivity (Wildman–Crippen MR) is 65.0 cm³/mol. The van der Waals surface area contributed by atoms with Gasteiger partial charge < -0.3 is 10.1 Å². The minimum absolute atomic E-state index is 0.823. The number of methoxy groups -OCH3 is 1. The van der Waals surface area contributed by atoms with Gasteiger partial charge in [0.2, 0.25) is 0 Å². The number of ether oxygens (including phenoxy) is 1. The average molecular weight is 213 g/mol. The Bertz CT molecular complexity index is 159. The van der Waals surface area contributed by atoms with Gasteiger partial charge in [-0.2, -0.15) is 0 Å². The van der Waals surface area contributed by atoms with E-state index < -0.39 is 0 Å². The van der Waals surface area contributed by atoms with E-state index in [0.29, 0.717) is 0 Å². The SMILES string of the molecule is CNCC1CCCCC1C(C)CCOC. The molecule has 15 heavy (non-hydrogen) atoms. The van der Waals surface area contributed by atoms with Gasteiger partial charge in [0, 0.05) is 13.7 Å². The second-order valence-electron chi connectivity index (χ2n) is 5.02. The molecule has 0 aromatic heterocycles. The Balaban J connectivity index is 2.39. The Morgan fingerprint density at radius 1 is 1.33 bits per heavy atom. The Kier molecular flexibility index (Phi) is 6.26. The van der Waals surface area contributed by atoms with E-state index >= 15 is 0 Å². The van der Waals surface area contributed by atoms with Crippen LogP contribution in [0.4, 0.5) is 0 Å². The molecule has 0 aliphatic heterocycles. The maximum Gasteiger partial charge on any atom is 0.0464 e. The van der Waals surface area contributed by atoms with Crippen molar-refractivity contribution in [2.45, 2.75) is 39.0 Å². The normalized spacial score (nSPS) is 29.0. The monoisotopic (exact) mass is 213 g/mol. The molecule has 1 aliphatic rings. The van der Waals surface area contributed by atoms with Crippen molar-refractivity contribution in [1.29, 1.82) is 0 Å². The topological polar surface area (TPSA) is 21.3 Å². The van der Waals surface area contributed by atoms with Crippen molar-refractivity contribution >= 4 is 0 Å². The van der Waals surface area contributed by atoms with E-state index in [0.717, 1.165) is 24.4 Å². The molecule has 1 N–H and O–H groups in total. The summed E-state index contributed by atoms with van der Waals surface area (Å²) in [5.41, 5.74) is 0. The first kappa shape index (κ1) is 13.0. The maximum atomic E-state index is 5.18. The third-order valence-corrected chi connectivity index (χ3v) is 3.94. The minimum Gasteiger partial charge on any atom is -0.385 e. The highest BCUT2D eigenvalue weighted by Crippen LogP contribution is 2.36. The molecule has 2 nitrogen and oxygen atoms in total. The van der Waals surface area contributed by atoms with Crippen LogP contribution in [-0.4, -0.2) is 27.3 Å². The first-order valence-corrected chi connectivity index (χ1v) is 6.43. The van der Waals surface area contributed by atoms with Gasteiger partial charge in [-0.25, -0.2) is 0 Å². The van der Waals surface area contributed by atoms with E-state index in [4.69, 9.17) is 4.74 Å². The standard InChI is InChI=1S/C13H27NO/c1-11(8-9-15-3)13-7-5-4-6-12(13)10-14-2/h11-14H,4-10H2,1-3H3. The van der Waals surface area contributed by atoms with Crippen LogP contribution in [0.2, 0.25) is 0 Å². The average Bonchev–Trinajstić information content (AvgIpc) is 2.27. The van der Waals surface area contributed by atoms with Crippen LogP contribution in [0.15, 0.2) is 0 Å². The van der Waals surface area contributed by atoms with Crippen molar-refractivity contribution in [1.82, 2.24) is 5.32 Å². The fourth-order valence-corrected chi connectivity index (χ4v) is 3.02. The summed E-state index contributed by atoms with van der Waals surface area (Å²) in [7, 11) is 3.88. The predicted octanol–water partition coefficient (Wildman–Crippen LogP) is 2.68. The zero-order chi connectivity index (χ0) is 11.1. The van der Waals surface area contributed by atoms with E-state index in [2.05, 4.69) is 19.3 Å². The molecular weight excluding hydrogens is 186 g/mol. The van der Waals surface area contributed by atoms with Gasteiger partial charge in [-0.3, -0.25) is 0 Å². The van der Waals surface area contributed by atoms with Crippen LogP contribution >= 0.6 is 0 Å². The summed E-state index contributed by atoms with van der Waals surface area (Å²) in [6, 6.07) is 0. The van der Waals surface area contributed by atoms with E-state index in [1.807, 2.05) is 0 Å². The summed E-state index contributed by atoms with van der Waals surface area (Å²) in [6.45, 7) is 4.52. The molecule has 0 saturated heterocycles. The molecule has 0 spiro atoms. The van der Waals surface area contributed by atoms with E-state index in [9.17, 15) is 0 Å². The van der Waals surface area contributed by atoms with Gasteiger partial charge in [0.05, 0.1) is 0 Å². The Labute approximate surface area is 94.8 Å². The van der Waals surface area contributed by atoms with Crippen molar-refractivity contribution in [3.8, 4) is 0 Å². The molecule has 1 aliphatic carbocycles. The smallest absolute Gasteiger partial charge is 0.0464 e.